The molecule has 5 heterocycles. The van der Waals surface area contributed by atoms with Crippen molar-refractivity contribution < 1.29 is 35.4 Å². The summed E-state index contributed by atoms with van der Waals surface area (Å²) in [5.74, 6) is 0.305. The molecule has 0 radical (unpaired) electrons. The van der Waals surface area contributed by atoms with Gasteiger partial charge in [0.1, 0.15) is 21.0 Å². The monoisotopic (exact) mass is 1070 g/mol. The fourth-order valence-electron chi connectivity index (χ4n) is 7.67. The average molecular weight is 1070 g/mol. The van der Waals surface area contributed by atoms with Crippen molar-refractivity contribution in [3.63, 3.8) is 0 Å². The summed E-state index contributed by atoms with van der Waals surface area (Å²) in [7, 11) is -6.56. The molecule has 0 unspecified atom stereocenters. The lowest BCUT2D eigenvalue weighted by molar-refractivity contribution is 0.406. The highest BCUT2D eigenvalue weighted by molar-refractivity contribution is 7.99. The lowest BCUT2D eigenvalue weighted by atomic mass is 10.0. The van der Waals surface area contributed by atoms with Crippen LogP contribution in [0.15, 0.2) is 70.4 Å². The first kappa shape index (κ1) is 50.2. The number of hydrogen-bond donors (Lipinski definition) is 4. The molecule has 2 aromatic carbocycles. The molecular weight excluding hydrogens is 1030 g/mol. The van der Waals surface area contributed by atoms with Gasteiger partial charge in [0, 0.05) is 42.8 Å². The summed E-state index contributed by atoms with van der Waals surface area (Å²) >= 11 is 5.17. The number of fused-ring (bicyclic) bond motifs is 2. The molecule has 1 saturated carbocycles. The van der Waals surface area contributed by atoms with Crippen molar-refractivity contribution in [2.24, 2.45) is 20.5 Å². The number of rotatable bonds is 20. The van der Waals surface area contributed by atoms with Crippen molar-refractivity contribution in [1.29, 1.82) is 0 Å². The van der Waals surface area contributed by atoms with Gasteiger partial charge in [0.15, 0.2) is 35.1 Å². The predicted octanol–water partition coefficient (Wildman–Crippen LogP) is 12.2. The highest BCUT2D eigenvalue weighted by atomic mass is 32.3. The zero-order valence-corrected chi connectivity index (χ0v) is 43.7. The van der Waals surface area contributed by atoms with Crippen LogP contribution in [0.5, 0.6) is 11.5 Å². The van der Waals surface area contributed by atoms with E-state index in [1.807, 2.05) is 36.4 Å². The number of aromatic nitrogens is 5. The highest BCUT2D eigenvalue weighted by Crippen LogP contribution is 2.49. The molecule has 28 heteroatoms. The Hall–Kier alpha value is -5.20. The molecular formula is C41H47N13O8S7. The quantitative estimate of drug-likeness (QED) is 0.0408. The number of benzene rings is 2. The molecule has 5 aromatic heterocycles. The molecule has 69 heavy (non-hydrogen) atoms. The Bertz CT molecular complexity index is 3070. The van der Waals surface area contributed by atoms with Gasteiger partial charge in [0.2, 0.25) is 11.9 Å². The SMILES string of the molecule is CCN(CC)c1ccc(N=Nc2snc3sc(S(=O)(=O)O)c(OC)c23)c(Nc2nc(Nc3cc(N(CC)CC)ccc3N=Nc3snc4sc(S(=O)(=O)O)c(OC)c34)nc(SC3CCCCC3)n2)c1. The van der Waals surface area contributed by atoms with Crippen LogP contribution in [0.1, 0.15) is 59.8 Å². The first-order valence-corrected chi connectivity index (χ1v) is 28.6. The van der Waals surface area contributed by atoms with E-state index in [9.17, 15) is 25.9 Å². The molecule has 0 aliphatic heterocycles. The van der Waals surface area contributed by atoms with E-state index in [0.717, 1.165) is 109 Å². The number of thiophene rings is 2. The van der Waals surface area contributed by atoms with Crippen LogP contribution >= 0.6 is 57.5 Å². The second kappa shape index (κ2) is 21.4. The number of methoxy groups -OCH3 is 2. The number of nitrogens with one attached hydrogen (secondary N) is 2. The average Bonchev–Trinajstić information content (AvgIpc) is 4.11. The summed E-state index contributed by atoms with van der Waals surface area (Å²) in [5.41, 5.74) is 3.65. The fraction of sp³-hybridized carbons (Fsp3) is 0.390. The summed E-state index contributed by atoms with van der Waals surface area (Å²) in [4.78, 5) is 19.7. The molecule has 366 valence electrons. The zero-order valence-electron chi connectivity index (χ0n) is 38.0. The molecule has 7 aromatic rings. The van der Waals surface area contributed by atoms with Crippen LogP contribution in [-0.4, -0.2) is 95.3 Å². The summed E-state index contributed by atoms with van der Waals surface area (Å²) in [5, 5.41) is 27.1. The van der Waals surface area contributed by atoms with Crippen LogP contribution in [0.3, 0.4) is 0 Å². The first-order chi connectivity index (χ1) is 33.1. The van der Waals surface area contributed by atoms with Crippen LogP contribution < -0.4 is 29.9 Å². The number of azo groups is 2. The molecule has 0 bridgehead atoms. The van der Waals surface area contributed by atoms with E-state index in [1.54, 1.807) is 11.8 Å². The lowest BCUT2D eigenvalue weighted by Crippen LogP contribution is -2.21. The minimum Gasteiger partial charge on any atom is -0.494 e. The molecule has 4 N–H and O–H groups in total. The number of nitrogens with zero attached hydrogens (tertiary/aromatic N) is 11. The van der Waals surface area contributed by atoms with E-state index in [4.69, 9.17) is 24.4 Å². The third kappa shape index (κ3) is 11.1. The van der Waals surface area contributed by atoms with Gasteiger partial charge in [-0.25, -0.2) is 0 Å². The maximum Gasteiger partial charge on any atom is 0.307 e. The van der Waals surface area contributed by atoms with Crippen LogP contribution in [0.2, 0.25) is 0 Å². The van der Waals surface area contributed by atoms with E-state index in [2.05, 4.69) is 77.3 Å². The molecule has 0 atom stereocenters. The second-order valence-corrected chi connectivity index (χ2v) is 23.2. The van der Waals surface area contributed by atoms with E-state index in [1.165, 1.54) is 20.6 Å². The number of ether oxygens (including phenoxy) is 2. The van der Waals surface area contributed by atoms with Gasteiger partial charge in [-0.3, -0.25) is 9.11 Å². The summed E-state index contributed by atoms with van der Waals surface area (Å²) in [6.07, 6.45) is 5.44. The molecule has 1 aliphatic rings. The zero-order chi connectivity index (χ0) is 49.0. The number of thioether (sulfide) groups is 1. The minimum absolute atomic E-state index is 0.0614. The van der Waals surface area contributed by atoms with Crippen molar-refractivity contribution in [3.8, 4) is 11.5 Å². The Kier molecular flexibility index (Phi) is 15.6. The van der Waals surface area contributed by atoms with Gasteiger partial charge >= 0.3 is 20.2 Å². The molecule has 1 fully saturated rings. The fourth-order valence-corrected chi connectivity index (χ4v) is 14.3. The lowest BCUT2D eigenvalue weighted by Gasteiger charge is -2.23. The van der Waals surface area contributed by atoms with Crippen molar-refractivity contribution in [2.75, 3.05) is 60.8 Å². The topological polar surface area (TPSA) is 272 Å². The maximum atomic E-state index is 12.2. The van der Waals surface area contributed by atoms with E-state index < -0.39 is 20.2 Å². The van der Waals surface area contributed by atoms with Crippen molar-refractivity contribution in [1.82, 2.24) is 23.7 Å². The molecule has 0 spiro atoms. The summed E-state index contributed by atoms with van der Waals surface area (Å²) < 4.78 is 87.2. The van der Waals surface area contributed by atoms with Gasteiger partial charge in [-0.1, -0.05) is 53.7 Å². The third-order valence-corrected chi connectivity index (χ3v) is 18.7. The first-order valence-electron chi connectivity index (χ1n) is 21.6. The minimum atomic E-state index is -4.59. The van der Waals surface area contributed by atoms with Crippen molar-refractivity contribution >= 4 is 154 Å². The molecule has 21 nitrogen and oxygen atoms in total. The van der Waals surface area contributed by atoms with Crippen LogP contribution in [-0.2, 0) is 20.2 Å². The Balaban J connectivity index is 1.20. The second-order valence-electron chi connectivity index (χ2n) is 15.2. The standard InChI is InChI=1S/C41H47N13O8S7/c1-7-53(8-2)22-16-18-25(47-49-33-29-31(61-5)37(68(55,56)57)64-35(29)51-66-33)27(20-22)42-39-44-40(46-41(45-39)63-24-14-12-11-13-15-24)43-28-21-23(54(9-3)10-4)17-19-26(28)48-50-34-30-32(62-6)38(69(58,59)60)65-36(30)52-67-34/h16-21,24H,7-15H2,1-6H3,(H,55,56,57)(H,58,59,60)(H2,42,43,44,45,46). The van der Waals surface area contributed by atoms with Crippen molar-refractivity contribution in [3.05, 3.63) is 36.4 Å². The molecule has 1 aliphatic carbocycles. The van der Waals surface area contributed by atoms with Crippen LogP contribution in [0, 0.1) is 0 Å². The predicted molar refractivity (Wildman–Crippen MR) is 275 cm³/mol. The van der Waals surface area contributed by atoms with Crippen LogP contribution in [0.25, 0.3) is 20.4 Å². The van der Waals surface area contributed by atoms with E-state index in [-0.39, 0.29) is 41.8 Å². The van der Waals surface area contributed by atoms with E-state index in [0.29, 0.717) is 53.6 Å². The summed E-state index contributed by atoms with van der Waals surface area (Å²) in [6.45, 7) is 11.2. The molecule has 8 rings (SSSR count). The summed E-state index contributed by atoms with van der Waals surface area (Å²) in [6, 6.07) is 11.3. The maximum absolute atomic E-state index is 12.2. The number of hydrogen-bond acceptors (Lipinski definition) is 24. The Morgan fingerprint density at radius 1 is 0.667 bits per heavy atom. The third-order valence-electron chi connectivity index (χ3n) is 11.0. The Labute approximate surface area is 418 Å². The Morgan fingerprint density at radius 3 is 1.49 bits per heavy atom. The van der Waals surface area contributed by atoms with Gasteiger partial charge in [0.05, 0.1) is 36.4 Å². The van der Waals surface area contributed by atoms with Gasteiger partial charge in [-0.15, -0.1) is 20.5 Å². The number of anilines is 6. The van der Waals surface area contributed by atoms with Crippen LogP contribution in [0.4, 0.5) is 56.0 Å². The van der Waals surface area contributed by atoms with E-state index >= 15 is 0 Å². The highest BCUT2D eigenvalue weighted by Gasteiger charge is 2.29. The Morgan fingerprint density at radius 2 is 1.10 bits per heavy atom. The van der Waals surface area contributed by atoms with Crippen molar-refractivity contribution in [2.45, 2.75) is 78.6 Å². The smallest absolute Gasteiger partial charge is 0.307 e. The van der Waals surface area contributed by atoms with Gasteiger partial charge < -0.3 is 29.9 Å². The molecule has 0 saturated heterocycles. The van der Waals surface area contributed by atoms with Gasteiger partial charge in [-0.05, 0) is 100.0 Å². The van der Waals surface area contributed by atoms with Gasteiger partial charge in [0.25, 0.3) is 0 Å². The normalized spacial score (nSPS) is 13.9. The largest absolute Gasteiger partial charge is 0.494 e. The van der Waals surface area contributed by atoms with Gasteiger partial charge in [-0.2, -0.15) is 40.5 Å². The molecule has 0 amide bonds.